The van der Waals surface area contributed by atoms with Gasteiger partial charge < -0.3 is 5.11 Å². The molecule has 32 heavy (non-hydrogen) atoms. The molecular formula is C29H50O3. The highest BCUT2D eigenvalue weighted by molar-refractivity contribution is 6.12. The van der Waals surface area contributed by atoms with Gasteiger partial charge in [-0.1, -0.05) is 137 Å². The normalized spacial score (nSPS) is 8.59. The van der Waals surface area contributed by atoms with Gasteiger partial charge >= 0.3 is 5.97 Å². The fourth-order valence-electron chi connectivity index (χ4n) is 2.08. The lowest BCUT2D eigenvalue weighted by Crippen LogP contribution is -2.12. The molecule has 0 saturated heterocycles. The molecule has 2 rings (SSSR count). The van der Waals surface area contributed by atoms with Gasteiger partial charge in [-0.3, -0.25) is 4.79 Å². The van der Waals surface area contributed by atoms with E-state index in [9.17, 15) is 14.7 Å². The SMILES string of the molecule is C.C/C(C(=O)O)=C(\Cc1ccccc1)C(=O)c1ccccc1.CC.CC.CC.CC.CC. The monoisotopic (exact) mass is 446 g/mol. The predicted octanol–water partition coefficient (Wildman–Crippen LogP) is 9.28. The van der Waals surface area contributed by atoms with Gasteiger partial charge in [-0.2, -0.15) is 0 Å². The molecule has 1 N–H and O–H groups in total. The Balaban J connectivity index is -0.000000195. The first-order chi connectivity index (χ1) is 15.1. The van der Waals surface area contributed by atoms with Gasteiger partial charge in [0.15, 0.2) is 5.78 Å². The van der Waals surface area contributed by atoms with Gasteiger partial charge in [0, 0.05) is 23.1 Å². The Morgan fingerprint density at radius 3 is 1.34 bits per heavy atom. The van der Waals surface area contributed by atoms with Crippen molar-refractivity contribution in [1.82, 2.24) is 0 Å². The fourth-order valence-corrected chi connectivity index (χ4v) is 2.08. The number of carbonyl (C=O) groups is 2. The topological polar surface area (TPSA) is 54.4 Å². The molecule has 0 aliphatic carbocycles. The van der Waals surface area contributed by atoms with Crippen molar-refractivity contribution in [2.24, 2.45) is 0 Å². The second-order valence-corrected chi connectivity index (χ2v) is 4.77. The molecule has 2 aromatic carbocycles. The summed E-state index contributed by atoms with van der Waals surface area (Å²) in [6, 6.07) is 18.1. The van der Waals surface area contributed by atoms with Crippen LogP contribution in [0.3, 0.4) is 0 Å². The van der Waals surface area contributed by atoms with E-state index in [1.54, 1.807) is 24.3 Å². The van der Waals surface area contributed by atoms with Crippen molar-refractivity contribution >= 4 is 11.8 Å². The lowest BCUT2D eigenvalue weighted by atomic mass is 9.93. The molecule has 0 fully saturated rings. The zero-order valence-electron chi connectivity index (χ0n) is 21.7. The lowest BCUT2D eigenvalue weighted by molar-refractivity contribution is -0.132. The average molecular weight is 447 g/mol. The van der Waals surface area contributed by atoms with Gasteiger partial charge in [-0.05, 0) is 12.5 Å². The van der Waals surface area contributed by atoms with Crippen LogP contribution in [0.2, 0.25) is 0 Å². The molecule has 0 atom stereocenters. The summed E-state index contributed by atoms with van der Waals surface area (Å²) in [6.45, 7) is 21.5. The van der Waals surface area contributed by atoms with Crippen molar-refractivity contribution in [3.8, 4) is 0 Å². The molecule has 0 saturated carbocycles. The van der Waals surface area contributed by atoms with Crippen molar-refractivity contribution in [3.63, 3.8) is 0 Å². The van der Waals surface area contributed by atoms with Crippen LogP contribution in [0.15, 0.2) is 71.8 Å². The van der Waals surface area contributed by atoms with E-state index in [1.165, 1.54) is 6.92 Å². The zero-order chi connectivity index (χ0) is 25.2. The smallest absolute Gasteiger partial charge is 0.331 e. The standard InChI is InChI=1S/C18H16O3.5C2H6.CH4/c1-13(18(20)21)16(12-14-8-4-2-5-9-14)17(19)15-10-6-3-7-11-15;5*1-2;/h2-11H,12H2,1H3,(H,20,21);5*1-2H3;1H4/b16-13-;;;;;;. The second kappa shape index (κ2) is 30.5. The molecule has 0 bridgehead atoms. The van der Waals surface area contributed by atoms with Gasteiger partial charge in [-0.15, -0.1) is 0 Å². The van der Waals surface area contributed by atoms with Crippen LogP contribution in [-0.2, 0) is 11.2 Å². The number of aliphatic carboxylic acids is 1. The van der Waals surface area contributed by atoms with Crippen molar-refractivity contribution < 1.29 is 14.7 Å². The number of carboxylic acid groups (broad SMARTS) is 1. The Kier molecular flexibility index (Phi) is 37.9. The zero-order valence-corrected chi connectivity index (χ0v) is 21.7. The fraction of sp³-hybridized carbons (Fsp3) is 0.448. The highest BCUT2D eigenvalue weighted by atomic mass is 16.4. The van der Waals surface area contributed by atoms with Crippen LogP contribution in [0.25, 0.3) is 0 Å². The largest absolute Gasteiger partial charge is 0.478 e. The number of allylic oxidation sites excluding steroid dienone is 1. The van der Waals surface area contributed by atoms with Gasteiger partial charge in [-0.25, -0.2) is 4.79 Å². The van der Waals surface area contributed by atoms with E-state index in [0.29, 0.717) is 17.6 Å². The number of hydrogen-bond acceptors (Lipinski definition) is 2. The van der Waals surface area contributed by atoms with Crippen molar-refractivity contribution in [2.45, 2.75) is 90.0 Å². The molecule has 0 aromatic heterocycles. The molecule has 0 heterocycles. The summed E-state index contributed by atoms with van der Waals surface area (Å²) in [6.07, 6.45) is 0.312. The van der Waals surface area contributed by atoms with Gasteiger partial charge in [0.05, 0.1) is 0 Å². The quantitative estimate of drug-likeness (QED) is 0.368. The minimum atomic E-state index is -1.06. The predicted molar refractivity (Wildman–Crippen MR) is 145 cm³/mol. The van der Waals surface area contributed by atoms with E-state index in [2.05, 4.69) is 0 Å². The lowest BCUT2D eigenvalue weighted by Gasteiger charge is -2.10. The third-order valence-corrected chi connectivity index (χ3v) is 3.31. The Morgan fingerprint density at radius 2 is 1.00 bits per heavy atom. The van der Waals surface area contributed by atoms with E-state index < -0.39 is 5.97 Å². The Labute approximate surface area is 199 Å². The summed E-state index contributed by atoms with van der Waals surface area (Å²) >= 11 is 0. The molecule has 2 aromatic rings. The highest BCUT2D eigenvalue weighted by Crippen LogP contribution is 2.18. The minimum Gasteiger partial charge on any atom is -0.478 e. The number of carboxylic acids is 1. The number of ketones is 1. The summed E-state index contributed by atoms with van der Waals surface area (Å²) in [5.74, 6) is -1.30. The highest BCUT2D eigenvalue weighted by Gasteiger charge is 2.18. The van der Waals surface area contributed by atoms with Crippen molar-refractivity contribution in [3.05, 3.63) is 82.9 Å². The molecule has 0 aliphatic rings. The second-order valence-electron chi connectivity index (χ2n) is 4.77. The molecule has 3 nitrogen and oxygen atoms in total. The molecule has 0 unspecified atom stereocenters. The summed E-state index contributed by atoms with van der Waals surface area (Å²) in [5, 5.41) is 9.22. The van der Waals surface area contributed by atoms with Crippen LogP contribution in [0, 0.1) is 0 Å². The number of carbonyl (C=O) groups excluding carboxylic acids is 1. The third kappa shape index (κ3) is 17.0. The van der Waals surface area contributed by atoms with Gasteiger partial charge in [0.1, 0.15) is 0 Å². The average Bonchev–Trinajstić information content (AvgIpc) is 2.89. The Hall–Kier alpha value is -2.68. The molecule has 0 spiro atoms. The molecule has 3 heteroatoms. The van der Waals surface area contributed by atoms with E-state index in [0.717, 1.165) is 5.56 Å². The molecule has 0 aliphatic heterocycles. The first-order valence-electron chi connectivity index (χ1n) is 11.7. The van der Waals surface area contributed by atoms with Crippen LogP contribution in [0.5, 0.6) is 0 Å². The number of rotatable bonds is 5. The van der Waals surface area contributed by atoms with E-state index in [-0.39, 0.29) is 18.8 Å². The van der Waals surface area contributed by atoms with Crippen LogP contribution >= 0.6 is 0 Å². The van der Waals surface area contributed by atoms with Crippen LogP contribution < -0.4 is 0 Å². The summed E-state index contributed by atoms with van der Waals surface area (Å²) in [5.41, 5.74) is 1.83. The first-order valence-corrected chi connectivity index (χ1v) is 11.7. The number of Topliss-reactive ketones (excluding diaryl/α,β-unsaturated/α-hetero) is 1. The van der Waals surface area contributed by atoms with E-state index in [1.807, 2.05) is 106 Å². The first kappa shape index (κ1) is 39.8. The van der Waals surface area contributed by atoms with Crippen LogP contribution in [-0.4, -0.2) is 16.9 Å². The van der Waals surface area contributed by atoms with Crippen LogP contribution in [0.4, 0.5) is 0 Å². The number of benzene rings is 2. The third-order valence-electron chi connectivity index (χ3n) is 3.31. The van der Waals surface area contributed by atoms with Crippen molar-refractivity contribution in [1.29, 1.82) is 0 Å². The number of hydrogen-bond donors (Lipinski definition) is 1. The maximum atomic E-state index is 12.6. The summed E-state index contributed by atoms with van der Waals surface area (Å²) in [4.78, 5) is 23.8. The van der Waals surface area contributed by atoms with Crippen LogP contribution in [0.1, 0.15) is 99.5 Å². The summed E-state index contributed by atoms with van der Waals surface area (Å²) < 4.78 is 0. The maximum absolute atomic E-state index is 12.6. The van der Waals surface area contributed by atoms with Gasteiger partial charge in [0.2, 0.25) is 0 Å². The molecule has 184 valence electrons. The Bertz CT molecular complexity index is 672. The molecule has 0 amide bonds. The minimum absolute atomic E-state index is 0. The van der Waals surface area contributed by atoms with Gasteiger partial charge in [0.25, 0.3) is 0 Å². The molecular weight excluding hydrogens is 396 g/mol. The maximum Gasteiger partial charge on any atom is 0.331 e. The van der Waals surface area contributed by atoms with E-state index in [4.69, 9.17) is 0 Å². The Morgan fingerprint density at radius 1 is 0.656 bits per heavy atom. The molecule has 0 radical (unpaired) electrons. The summed E-state index contributed by atoms with van der Waals surface area (Å²) in [7, 11) is 0. The van der Waals surface area contributed by atoms with E-state index >= 15 is 0 Å². The van der Waals surface area contributed by atoms with Crippen molar-refractivity contribution in [2.75, 3.05) is 0 Å².